The van der Waals surface area contributed by atoms with Gasteiger partial charge in [-0.15, -0.1) is 0 Å². The van der Waals surface area contributed by atoms with Gasteiger partial charge in [0.2, 0.25) is 0 Å². The van der Waals surface area contributed by atoms with Gasteiger partial charge in [-0.1, -0.05) is 61.7 Å². The molecule has 1 aliphatic carbocycles. The Morgan fingerprint density at radius 2 is 1.70 bits per heavy atom. The van der Waals surface area contributed by atoms with Crippen molar-refractivity contribution in [2.24, 2.45) is 11.8 Å². The second-order valence-electron chi connectivity index (χ2n) is 8.31. The molecule has 150 valence electrons. The van der Waals surface area contributed by atoms with Crippen molar-refractivity contribution in [1.82, 2.24) is 0 Å². The highest BCUT2D eigenvalue weighted by molar-refractivity contribution is 6.25. The van der Waals surface area contributed by atoms with Gasteiger partial charge >= 0.3 is 0 Å². The molecule has 1 saturated carbocycles. The van der Waals surface area contributed by atoms with Crippen molar-refractivity contribution < 1.29 is 9.47 Å². The fourth-order valence-corrected chi connectivity index (χ4v) is 4.60. The van der Waals surface area contributed by atoms with Crippen molar-refractivity contribution in [2.45, 2.75) is 76.9 Å². The zero-order valence-corrected chi connectivity index (χ0v) is 17.5. The average molecular weight is 391 g/mol. The van der Waals surface area contributed by atoms with E-state index in [0.29, 0.717) is 17.8 Å². The van der Waals surface area contributed by atoms with Gasteiger partial charge in [0.25, 0.3) is 0 Å². The number of hydrogen-bond acceptors (Lipinski definition) is 2. The summed E-state index contributed by atoms with van der Waals surface area (Å²) in [6.07, 6.45) is 12.9. The Balaban J connectivity index is 1.39. The molecule has 1 aromatic carbocycles. The molecule has 27 heavy (non-hydrogen) atoms. The second kappa shape index (κ2) is 11.2. The molecule has 1 heterocycles. The molecule has 0 unspecified atom stereocenters. The molecule has 2 nitrogen and oxygen atoms in total. The Labute approximate surface area is 170 Å². The first-order chi connectivity index (χ1) is 13.3. The molecule has 1 aliphatic heterocycles. The lowest BCUT2D eigenvalue weighted by atomic mass is 9.78. The number of rotatable bonds is 8. The van der Waals surface area contributed by atoms with E-state index in [1.807, 2.05) is 0 Å². The van der Waals surface area contributed by atoms with Crippen LogP contribution in [0.2, 0.25) is 0 Å². The number of allylic oxidation sites excluding steroid dienone is 1. The Morgan fingerprint density at radius 1 is 1.00 bits per heavy atom. The van der Waals surface area contributed by atoms with Crippen LogP contribution in [0.5, 0.6) is 0 Å². The molecule has 1 aromatic rings. The van der Waals surface area contributed by atoms with Crippen LogP contribution in [0.25, 0.3) is 0 Å². The molecular weight excluding hydrogens is 356 g/mol. The number of hydrogen-bond donors (Lipinski definition) is 0. The maximum Gasteiger partial charge on any atom is 0.157 e. The molecule has 0 amide bonds. The normalized spacial score (nSPS) is 29.3. The summed E-state index contributed by atoms with van der Waals surface area (Å²) in [6, 6.07) is 9.27. The first-order valence-corrected chi connectivity index (χ1v) is 11.3. The van der Waals surface area contributed by atoms with Gasteiger partial charge in [-0.25, -0.2) is 0 Å². The summed E-state index contributed by atoms with van der Waals surface area (Å²) in [7, 11) is 0. The molecule has 0 radical (unpaired) electrons. The van der Waals surface area contributed by atoms with Crippen molar-refractivity contribution in [3.05, 3.63) is 47.0 Å². The number of halogens is 1. The second-order valence-corrected chi connectivity index (χ2v) is 8.57. The summed E-state index contributed by atoms with van der Waals surface area (Å²) in [4.78, 5) is 0. The van der Waals surface area contributed by atoms with Gasteiger partial charge in [0.1, 0.15) is 0 Å². The number of unbranched alkanes of at least 4 members (excludes halogenated alkanes) is 1. The highest BCUT2D eigenvalue weighted by Gasteiger charge is 2.22. The van der Waals surface area contributed by atoms with Crippen LogP contribution in [0.3, 0.4) is 0 Å². The van der Waals surface area contributed by atoms with Crippen molar-refractivity contribution in [3.8, 4) is 0 Å². The maximum atomic E-state index is 5.92. The van der Waals surface area contributed by atoms with E-state index in [-0.39, 0.29) is 6.29 Å². The monoisotopic (exact) mass is 390 g/mol. The highest BCUT2D eigenvalue weighted by Crippen LogP contribution is 2.36. The van der Waals surface area contributed by atoms with Crippen LogP contribution >= 0.6 is 11.6 Å². The Hall–Kier alpha value is -0.830. The molecule has 0 N–H and O–H groups in total. The van der Waals surface area contributed by atoms with Crippen LogP contribution in [-0.2, 0) is 15.9 Å². The first kappa shape index (κ1) is 20.9. The van der Waals surface area contributed by atoms with E-state index in [9.17, 15) is 0 Å². The average Bonchev–Trinajstić information content (AvgIpc) is 2.73. The Bertz CT molecular complexity index is 552. The van der Waals surface area contributed by atoms with Gasteiger partial charge in [-0.3, -0.25) is 0 Å². The molecular formula is C24H35ClO2. The number of aryl methyl sites for hydroxylation is 1. The van der Waals surface area contributed by atoms with Crippen LogP contribution in [0.15, 0.2) is 35.9 Å². The predicted molar refractivity (Wildman–Crippen MR) is 113 cm³/mol. The lowest BCUT2D eigenvalue weighted by Crippen LogP contribution is -2.32. The van der Waals surface area contributed by atoms with Gasteiger partial charge in [0.05, 0.1) is 13.2 Å². The minimum Gasteiger partial charge on any atom is -0.352 e. The van der Waals surface area contributed by atoms with E-state index in [1.165, 1.54) is 56.1 Å². The van der Waals surface area contributed by atoms with E-state index in [2.05, 4.69) is 37.3 Å². The molecule has 1 saturated heterocycles. The lowest BCUT2D eigenvalue weighted by molar-refractivity contribution is -0.203. The minimum absolute atomic E-state index is 0.0205. The summed E-state index contributed by atoms with van der Waals surface area (Å²) >= 11 is 5.72. The third-order valence-corrected chi connectivity index (χ3v) is 6.38. The largest absolute Gasteiger partial charge is 0.352 e. The van der Waals surface area contributed by atoms with E-state index in [4.69, 9.17) is 21.1 Å². The van der Waals surface area contributed by atoms with Crippen LogP contribution in [0.4, 0.5) is 0 Å². The van der Waals surface area contributed by atoms with Crippen LogP contribution in [0.1, 0.15) is 75.3 Å². The zero-order chi connectivity index (χ0) is 18.9. The fraction of sp³-hybridized carbons (Fsp3) is 0.667. The fourth-order valence-electron chi connectivity index (χ4n) is 4.40. The van der Waals surface area contributed by atoms with E-state index >= 15 is 0 Å². The summed E-state index contributed by atoms with van der Waals surface area (Å²) in [6.45, 7) is 3.97. The topological polar surface area (TPSA) is 18.5 Å². The molecule has 0 bridgehead atoms. The smallest absolute Gasteiger partial charge is 0.157 e. The zero-order valence-electron chi connectivity index (χ0n) is 16.7. The standard InChI is InChI=1S/C24H35ClO2/c1-2-3-4-21-17-26-24(27-18-21)14-9-19-5-10-22(11-6-19)23-12-7-20(8-13-23)15-16-25/h5-6,10-11,15-16,20-21,23-24H,2-4,7-9,12-14,17-18H2,1H3/b16-15+/t20-,21-,23-,24-. The molecule has 2 aliphatic rings. The Morgan fingerprint density at radius 3 is 2.33 bits per heavy atom. The quantitative estimate of drug-likeness (QED) is 0.484. The highest BCUT2D eigenvalue weighted by atomic mass is 35.5. The van der Waals surface area contributed by atoms with Gasteiger partial charge in [-0.05, 0) is 61.5 Å². The molecule has 0 atom stereocenters. The number of ether oxygens (including phenoxy) is 2. The van der Waals surface area contributed by atoms with Crippen molar-refractivity contribution in [3.63, 3.8) is 0 Å². The Kier molecular flexibility index (Phi) is 8.70. The van der Waals surface area contributed by atoms with E-state index in [0.717, 1.165) is 26.1 Å². The predicted octanol–water partition coefficient (Wildman–Crippen LogP) is 6.82. The van der Waals surface area contributed by atoms with Crippen molar-refractivity contribution >= 4 is 11.6 Å². The van der Waals surface area contributed by atoms with Gasteiger partial charge in [0.15, 0.2) is 6.29 Å². The summed E-state index contributed by atoms with van der Waals surface area (Å²) < 4.78 is 11.8. The van der Waals surface area contributed by atoms with Gasteiger partial charge in [0, 0.05) is 17.9 Å². The molecule has 3 rings (SSSR count). The minimum atomic E-state index is -0.0205. The van der Waals surface area contributed by atoms with Crippen molar-refractivity contribution in [1.29, 1.82) is 0 Å². The van der Waals surface area contributed by atoms with Crippen LogP contribution < -0.4 is 0 Å². The first-order valence-electron chi connectivity index (χ1n) is 10.9. The van der Waals surface area contributed by atoms with Crippen molar-refractivity contribution in [2.75, 3.05) is 13.2 Å². The summed E-state index contributed by atoms with van der Waals surface area (Å²) in [5, 5.41) is 0. The lowest BCUT2D eigenvalue weighted by Gasteiger charge is -2.29. The van der Waals surface area contributed by atoms with Crippen LogP contribution in [-0.4, -0.2) is 19.5 Å². The molecule has 3 heteroatoms. The third kappa shape index (κ3) is 6.62. The van der Waals surface area contributed by atoms with Gasteiger partial charge < -0.3 is 9.47 Å². The van der Waals surface area contributed by atoms with E-state index in [1.54, 1.807) is 5.54 Å². The third-order valence-electron chi connectivity index (χ3n) is 6.24. The summed E-state index contributed by atoms with van der Waals surface area (Å²) in [5.41, 5.74) is 4.57. The number of benzene rings is 1. The maximum absolute atomic E-state index is 5.92. The molecule has 2 fully saturated rings. The SMILES string of the molecule is CCCC[C@H]1CO[C@H](CCc2ccc([C@H]3CC[C@H](/C=C/Cl)CC3)cc2)OC1. The van der Waals surface area contributed by atoms with E-state index < -0.39 is 0 Å². The van der Waals surface area contributed by atoms with Gasteiger partial charge in [-0.2, -0.15) is 0 Å². The molecule has 0 spiro atoms. The molecule has 0 aromatic heterocycles. The van der Waals surface area contributed by atoms with Crippen LogP contribution in [0, 0.1) is 11.8 Å². The summed E-state index contributed by atoms with van der Waals surface area (Å²) in [5.74, 6) is 1.98.